The van der Waals surface area contributed by atoms with Crippen molar-refractivity contribution >= 4 is 17.7 Å². The fourth-order valence-corrected chi connectivity index (χ4v) is 3.62. The first kappa shape index (κ1) is 22.7. The highest BCUT2D eigenvalue weighted by molar-refractivity contribution is 7.98. The summed E-state index contributed by atoms with van der Waals surface area (Å²) in [5.74, 6) is 2.59. The molecule has 0 atom stereocenters. The number of methoxy groups -OCH3 is 3. The van der Waals surface area contributed by atoms with Gasteiger partial charge < -0.3 is 24.8 Å². The zero-order valence-corrected chi connectivity index (χ0v) is 18.9. The first-order valence-corrected chi connectivity index (χ1v) is 10.7. The zero-order valence-electron chi connectivity index (χ0n) is 18.1. The van der Waals surface area contributed by atoms with Gasteiger partial charge in [0.2, 0.25) is 5.75 Å². The van der Waals surface area contributed by atoms with Crippen molar-refractivity contribution in [1.29, 1.82) is 0 Å². The van der Waals surface area contributed by atoms with Gasteiger partial charge in [0.25, 0.3) is 0 Å². The van der Waals surface area contributed by atoms with Crippen LogP contribution in [0.15, 0.2) is 40.2 Å². The van der Waals surface area contributed by atoms with Crippen molar-refractivity contribution in [2.45, 2.75) is 31.8 Å². The number of aliphatic imine (C=N–C) groups is 1. The molecule has 2 aromatic carbocycles. The maximum absolute atomic E-state index is 5.43. The molecule has 0 spiro atoms. The quantitative estimate of drug-likeness (QED) is 0.365. The van der Waals surface area contributed by atoms with Crippen LogP contribution in [0.25, 0.3) is 0 Å². The molecule has 0 fully saturated rings. The van der Waals surface area contributed by atoms with Crippen LogP contribution in [-0.4, -0.2) is 40.1 Å². The topological polar surface area (TPSA) is 64.1 Å². The molecule has 158 valence electrons. The number of aryl methyl sites for hydroxylation is 1. The summed E-state index contributed by atoms with van der Waals surface area (Å²) in [5.41, 5.74) is 3.49. The summed E-state index contributed by atoms with van der Waals surface area (Å²) in [5, 5.41) is 6.72. The lowest BCUT2D eigenvalue weighted by atomic mass is 10.1. The second kappa shape index (κ2) is 11.5. The van der Waals surface area contributed by atoms with Crippen LogP contribution in [0, 0.1) is 6.92 Å². The molecule has 0 heterocycles. The Hall–Kier alpha value is -2.54. The minimum Gasteiger partial charge on any atom is -0.493 e. The van der Waals surface area contributed by atoms with E-state index in [4.69, 9.17) is 19.2 Å². The van der Waals surface area contributed by atoms with Crippen molar-refractivity contribution in [2.75, 3.05) is 34.1 Å². The molecule has 0 aliphatic carbocycles. The summed E-state index contributed by atoms with van der Waals surface area (Å²) in [7, 11) is 4.82. The number of thioether (sulfide) groups is 1. The van der Waals surface area contributed by atoms with Gasteiger partial charge in [0.1, 0.15) is 0 Å². The van der Waals surface area contributed by atoms with Crippen LogP contribution in [0.2, 0.25) is 0 Å². The highest BCUT2D eigenvalue weighted by atomic mass is 32.2. The van der Waals surface area contributed by atoms with Crippen LogP contribution in [0.3, 0.4) is 0 Å². The van der Waals surface area contributed by atoms with Crippen molar-refractivity contribution in [3.8, 4) is 17.2 Å². The maximum atomic E-state index is 5.43. The summed E-state index contributed by atoms with van der Waals surface area (Å²) < 4.78 is 16.2. The Bertz CT molecular complexity index is 815. The van der Waals surface area contributed by atoms with Gasteiger partial charge in [-0.2, -0.15) is 0 Å². The maximum Gasteiger partial charge on any atom is 0.203 e. The lowest BCUT2D eigenvalue weighted by Crippen LogP contribution is -2.36. The van der Waals surface area contributed by atoms with Crippen LogP contribution in [0.1, 0.15) is 23.6 Å². The van der Waals surface area contributed by atoms with Gasteiger partial charge in [0, 0.05) is 18.0 Å². The average Bonchev–Trinajstić information content (AvgIpc) is 2.75. The van der Waals surface area contributed by atoms with E-state index in [-0.39, 0.29) is 0 Å². The van der Waals surface area contributed by atoms with Gasteiger partial charge >= 0.3 is 0 Å². The summed E-state index contributed by atoms with van der Waals surface area (Å²) in [4.78, 5) is 5.99. The third-order valence-electron chi connectivity index (χ3n) is 4.38. The van der Waals surface area contributed by atoms with E-state index in [0.29, 0.717) is 30.3 Å². The number of guanidine groups is 1. The predicted octanol–water partition coefficient (Wildman–Crippen LogP) is 4.00. The number of hydrogen-bond donors (Lipinski definition) is 2. The Morgan fingerprint density at radius 3 is 2.24 bits per heavy atom. The summed E-state index contributed by atoms with van der Waals surface area (Å²) >= 11 is 1.76. The molecule has 0 saturated carbocycles. The third-order valence-corrected chi connectivity index (χ3v) is 5.20. The van der Waals surface area contributed by atoms with Gasteiger partial charge in [-0.1, -0.05) is 12.1 Å². The molecule has 0 aromatic heterocycles. The van der Waals surface area contributed by atoms with E-state index in [1.807, 2.05) is 12.1 Å². The monoisotopic (exact) mass is 417 g/mol. The Balaban J connectivity index is 2.17. The third kappa shape index (κ3) is 6.22. The largest absolute Gasteiger partial charge is 0.493 e. The Morgan fingerprint density at radius 2 is 1.69 bits per heavy atom. The predicted molar refractivity (Wildman–Crippen MR) is 121 cm³/mol. The SMILES string of the molecule is CCNC(=NCc1cc(OC)c(OC)c(OC)c1)NCc1ccc(C)cc1SC. The number of rotatable bonds is 9. The normalized spacial score (nSPS) is 11.2. The van der Waals surface area contributed by atoms with Crippen LogP contribution in [-0.2, 0) is 13.1 Å². The van der Waals surface area contributed by atoms with E-state index < -0.39 is 0 Å². The Morgan fingerprint density at radius 1 is 1.00 bits per heavy atom. The highest BCUT2D eigenvalue weighted by Crippen LogP contribution is 2.38. The standard InChI is InChI=1S/C22H31N3O3S/c1-7-23-22(25-14-17-9-8-15(2)10-20(17)29-6)24-13-16-11-18(26-3)21(28-5)19(12-16)27-4/h8-12H,7,13-14H2,1-6H3,(H2,23,24,25). The van der Waals surface area contributed by atoms with Gasteiger partial charge in [-0.05, 0) is 55.0 Å². The molecule has 2 rings (SSSR count). The molecular formula is C22H31N3O3S. The van der Waals surface area contributed by atoms with Gasteiger partial charge in [-0.15, -0.1) is 11.8 Å². The van der Waals surface area contributed by atoms with E-state index in [9.17, 15) is 0 Å². The molecule has 2 aromatic rings. The van der Waals surface area contributed by atoms with Crippen molar-refractivity contribution in [1.82, 2.24) is 10.6 Å². The molecule has 0 saturated heterocycles. The van der Waals surface area contributed by atoms with Crippen LogP contribution < -0.4 is 24.8 Å². The minimum atomic E-state index is 0.481. The van der Waals surface area contributed by atoms with Crippen molar-refractivity contribution in [2.24, 2.45) is 4.99 Å². The van der Waals surface area contributed by atoms with Gasteiger partial charge in [0.05, 0.1) is 27.9 Å². The number of benzene rings is 2. The molecule has 0 radical (unpaired) electrons. The number of nitrogens with zero attached hydrogens (tertiary/aromatic N) is 1. The molecule has 6 nitrogen and oxygen atoms in total. The first-order chi connectivity index (χ1) is 14.1. The summed E-state index contributed by atoms with van der Waals surface area (Å²) in [6.07, 6.45) is 2.10. The fraction of sp³-hybridized carbons (Fsp3) is 0.409. The average molecular weight is 418 g/mol. The first-order valence-electron chi connectivity index (χ1n) is 9.50. The number of ether oxygens (including phenoxy) is 3. The zero-order chi connectivity index (χ0) is 21.2. The second-order valence-corrected chi connectivity index (χ2v) is 7.25. The second-order valence-electron chi connectivity index (χ2n) is 6.40. The van der Waals surface area contributed by atoms with E-state index in [1.165, 1.54) is 16.0 Å². The van der Waals surface area contributed by atoms with Crippen LogP contribution >= 0.6 is 11.8 Å². The molecule has 2 N–H and O–H groups in total. The fourth-order valence-electron chi connectivity index (χ4n) is 2.92. The molecule has 0 unspecified atom stereocenters. The van der Waals surface area contributed by atoms with Crippen LogP contribution in [0.5, 0.6) is 17.2 Å². The molecule has 7 heteroatoms. The molecule has 0 aliphatic rings. The van der Waals surface area contributed by atoms with Gasteiger partial charge in [-0.25, -0.2) is 4.99 Å². The Kier molecular flexibility index (Phi) is 8.99. The molecule has 0 aliphatic heterocycles. The van der Waals surface area contributed by atoms with E-state index >= 15 is 0 Å². The van der Waals surface area contributed by atoms with Crippen molar-refractivity contribution in [3.63, 3.8) is 0 Å². The van der Waals surface area contributed by atoms with Gasteiger partial charge in [-0.3, -0.25) is 0 Å². The van der Waals surface area contributed by atoms with Gasteiger partial charge in [0.15, 0.2) is 17.5 Å². The van der Waals surface area contributed by atoms with Crippen molar-refractivity contribution < 1.29 is 14.2 Å². The molecule has 0 bridgehead atoms. The Labute approximate surface area is 178 Å². The van der Waals surface area contributed by atoms with Crippen molar-refractivity contribution in [3.05, 3.63) is 47.0 Å². The van der Waals surface area contributed by atoms with E-state index in [1.54, 1.807) is 33.1 Å². The lowest BCUT2D eigenvalue weighted by molar-refractivity contribution is 0.324. The molecule has 0 amide bonds. The number of hydrogen-bond acceptors (Lipinski definition) is 5. The van der Waals surface area contributed by atoms with E-state index in [2.05, 4.69) is 48.9 Å². The molecule has 29 heavy (non-hydrogen) atoms. The highest BCUT2D eigenvalue weighted by Gasteiger charge is 2.13. The lowest BCUT2D eigenvalue weighted by Gasteiger charge is -2.15. The van der Waals surface area contributed by atoms with E-state index in [0.717, 1.165) is 18.1 Å². The summed E-state index contributed by atoms with van der Waals surface area (Å²) in [6.45, 7) is 6.13. The summed E-state index contributed by atoms with van der Waals surface area (Å²) in [6, 6.07) is 10.3. The molecular weight excluding hydrogens is 386 g/mol. The minimum absolute atomic E-state index is 0.481. The number of nitrogens with one attached hydrogen (secondary N) is 2. The smallest absolute Gasteiger partial charge is 0.203 e. The van der Waals surface area contributed by atoms with Crippen LogP contribution in [0.4, 0.5) is 0 Å².